The Morgan fingerprint density at radius 2 is 1.63 bits per heavy atom. The van der Waals surface area contributed by atoms with E-state index in [1.165, 1.54) is 24.3 Å². The Balaban J connectivity index is 1.34. The number of nitrogens with two attached hydrogens (primary N) is 1. The van der Waals surface area contributed by atoms with Gasteiger partial charge in [0.2, 0.25) is 11.8 Å². The van der Waals surface area contributed by atoms with E-state index in [0.29, 0.717) is 30.5 Å². The third-order valence-electron chi connectivity index (χ3n) is 8.48. The largest absolute Gasteiger partial charge is 0.514 e. The number of rotatable bonds is 16. The number of benzene rings is 3. The lowest BCUT2D eigenvalue weighted by molar-refractivity contribution is -0.384. The number of urea groups is 1. The van der Waals surface area contributed by atoms with Crippen molar-refractivity contribution in [2.75, 3.05) is 11.9 Å². The van der Waals surface area contributed by atoms with Crippen LogP contribution in [0.15, 0.2) is 78.9 Å². The number of hydrogen-bond acceptors (Lipinski definition) is 9. The fourth-order valence-corrected chi connectivity index (χ4v) is 5.46. The Morgan fingerprint density at radius 1 is 0.959 bits per heavy atom. The third kappa shape index (κ3) is 10.1. The highest BCUT2D eigenvalue weighted by Crippen LogP contribution is 2.44. The molecule has 0 bridgehead atoms. The molecule has 0 heterocycles. The summed E-state index contributed by atoms with van der Waals surface area (Å²) < 4.78 is 10.1. The number of carbonyl (C=O) groups is 5. The maximum absolute atomic E-state index is 13.7. The zero-order chi connectivity index (χ0) is 35.4. The molecule has 1 aliphatic rings. The van der Waals surface area contributed by atoms with E-state index < -0.39 is 34.3 Å². The molecule has 0 saturated heterocycles. The Bertz CT molecular complexity index is 1640. The Kier molecular flexibility index (Phi) is 12.4. The summed E-state index contributed by atoms with van der Waals surface area (Å²) in [5, 5.41) is 19.1. The van der Waals surface area contributed by atoms with E-state index in [1.807, 2.05) is 37.3 Å². The van der Waals surface area contributed by atoms with Crippen LogP contribution < -0.4 is 26.4 Å². The number of nitrogens with one attached hydrogen (secondary N) is 3. The fraction of sp³-hybridized carbons (Fsp3) is 0.343. The van der Waals surface area contributed by atoms with Crippen molar-refractivity contribution in [1.82, 2.24) is 10.6 Å². The molecule has 3 aromatic carbocycles. The van der Waals surface area contributed by atoms with Crippen LogP contribution in [0.4, 0.5) is 21.0 Å². The topological polar surface area (TPSA) is 209 Å². The second-order valence-electron chi connectivity index (χ2n) is 11.9. The molecular formula is C35H39N5O9. The van der Waals surface area contributed by atoms with Gasteiger partial charge in [-0.15, -0.1) is 0 Å². The molecule has 14 heteroatoms. The number of non-ortho nitro benzene ring substituents is 1. The maximum atomic E-state index is 13.7. The quantitative estimate of drug-likeness (QED) is 0.0387. The number of hydrogen-bond donors (Lipinski definition) is 4. The van der Waals surface area contributed by atoms with Crippen LogP contribution in [-0.2, 0) is 25.7 Å². The van der Waals surface area contributed by atoms with Crippen molar-refractivity contribution in [2.45, 2.75) is 58.1 Å². The van der Waals surface area contributed by atoms with Gasteiger partial charge in [-0.05, 0) is 68.0 Å². The number of nitrogens with zero attached hydrogens (tertiary/aromatic N) is 1. The molecular weight excluding hydrogens is 634 g/mol. The second kappa shape index (κ2) is 16.9. The first-order chi connectivity index (χ1) is 23.5. The predicted molar refractivity (Wildman–Crippen MR) is 178 cm³/mol. The van der Waals surface area contributed by atoms with Crippen LogP contribution >= 0.6 is 0 Å². The van der Waals surface area contributed by atoms with Crippen LogP contribution in [0.25, 0.3) is 0 Å². The Morgan fingerprint density at radius 3 is 2.22 bits per heavy atom. The van der Waals surface area contributed by atoms with Gasteiger partial charge < -0.3 is 31.2 Å². The molecule has 258 valence electrons. The second-order valence-corrected chi connectivity index (χ2v) is 11.9. The normalized spacial score (nSPS) is 14.2. The SMILES string of the molecule is C[C@@H](NC(=O)C1(C(=O)C[C@@H](CCCNC(N)=O)C(=O)Nc2ccc(COC(=O)Oc3ccc([N+](=O)[O-])cc3)cc2)CCC1)c1ccccc1. The number of amides is 4. The van der Waals surface area contributed by atoms with Crippen molar-refractivity contribution in [1.29, 1.82) is 0 Å². The molecule has 49 heavy (non-hydrogen) atoms. The molecule has 0 radical (unpaired) electrons. The average Bonchev–Trinajstić information content (AvgIpc) is 3.05. The summed E-state index contributed by atoms with van der Waals surface area (Å²) in [6, 6.07) is 19.9. The average molecular weight is 674 g/mol. The Hall–Kier alpha value is -5.79. The summed E-state index contributed by atoms with van der Waals surface area (Å²) in [5.74, 6) is -1.76. The van der Waals surface area contributed by atoms with Crippen molar-refractivity contribution in [3.8, 4) is 5.75 Å². The van der Waals surface area contributed by atoms with Crippen LogP contribution in [0.3, 0.4) is 0 Å². The highest BCUT2D eigenvalue weighted by Gasteiger charge is 2.51. The number of anilines is 1. The highest BCUT2D eigenvalue weighted by molar-refractivity contribution is 6.08. The number of Topliss-reactive ketones (excluding diaryl/α,β-unsaturated/α-hetero) is 1. The van der Waals surface area contributed by atoms with Gasteiger partial charge in [0.15, 0.2) is 0 Å². The van der Waals surface area contributed by atoms with Crippen molar-refractivity contribution < 1.29 is 38.4 Å². The number of ketones is 1. The fourth-order valence-electron chi connectivity index (χ4n) is 5.46. The summed E-state index contributed by atoms with van der Waals surface area (Å²) in [7, 11) is 0. The van der Waals surface area contributed by atoms with Gasteiger partial charge in [0.1, 0.15) is 23.6 Å². The molecule has 5 N–H and O–H groups in total. The van der Waals surface area contributed by atoms with Gasteiger partial charge in [-0.3, -0.25) is 24.5 Å². The number of nitro benzene ring substituents is 1. The lowest BCUT2D eigenvalue weighted by Crippen LogP contribution is -2.52. The van der Waals surface area contributed by atoms with Gasteiger partial charge in [-0.25, -0.2) is 9.59 Å². The minimum Gasteiger partial charge on any atom is -0.429 e. The van der Waals surface area contributed by atoms with Crippen molar-refractivity contribution in [3.63, 3.8) is 0 Å². The first kappa shape index (κ1) is 36.1. The van der Waals surface area contributed by atoms with Crippen LogP contribution in [0, 0.1) is 21.4 Å². The van der Waals surface area contributed by atoms with Gasteiger partial charge in [-0.2, -0.15) is 0 Å². The molecule has 4 amide bonds. The van der Waals surface area contributed by atoms with Crippen molar-refractivity contribution in [2.24, 2.45) is 17.1 Å². The summed E-state index contributed by atoms with van der Waals surface area (Å²) >= 11 is 0. The van der Waals surface area contributed by atoms with E-state index in [1.54, 1.807) is 24.3 Å². The molecule has 0 aromatic heterocycles. The number of carbonyl (C=O) groups excluding carboxylic acids is 5. The lowest BCUT2D eigenvalue weighted by Gasteiger charge is -2.40. The number of nitro groups is 1. The van der Waals surface area contributed by atoms with E-state index in [0.717, 1.165) is 12.0 Å². The summed E-state index contributed by atoms with van der Waals surface area (Å²) in [6.07, 6.45) is 1.02. The third-order valence-corrected chi connectivity index (χ3v) is 8.48. The summed E-state index contributed by atoms with van der Waals surface area (Å²) in [5.41, 5.74) is 5.75. The number of primary amides is 1. The molecule has 4 rings (SSSR count). The van der Waals surface area contributed by atoms with E-state index in [2.05, 4.69) is 16.0 Å². The molecule has 1 fully saturated rings. The zero-order valence-corrected chi connectivity index (χ0v) is 27.0. The Labute approximate surface area is 282 Å². The predicted octanol–water partition coefficient (Wildman–Crippen LogP) is 5.32. The van der Waals surface area contributed by atoms with Crippen LogP contribution in [-0.4, -0.2) is 41.3 Å². The molecule has 1 aliphatic carbocycles. The minimum absolute atomic E-state index is 0.0812. The molecule has 2 atom stereocenters. The first-order valence-electron chi connectivity index (χ1n) is 15.9. The van der Waals surface area contributed by atoms with Gasteiger partial charge in [0.05, 0.1) is 11.0 Å². The molecule has 1 saturated carbocycles. The lowest BCUT2D eigenvalue weighted by atomic mass is 9.63. The smallest absolute Gasteiger partial charge is 0.429 e. The van der Waals surface area contributed by atoms with Gasteiger partial charge in [0.25, 0.3) is 5.69 Å². The molecule has 0 unspecified atom stereocenters. The van der Waals surface area contributed by atoms with Crippen molar-refractivity contribution in [3.05, 3.63) is 100 Å². The van der Waals surface area contributed by atoms with E-state index in [-0.39, 0.29) is 55.2 Å². The standard InChI is InChI=1S/C35H39N5O9/c1-23(25-7-3-2-4-8-25)38-32(43)35(18-6-19-35)30(41)21-26(9-5-20-37-33(36)44)31(42)39-27-12-10-24(11-13-27)22-48-34(45)49-29-16-14-28(15-17-29)40(46)47/h2-4,7-8,10-17,23,26H,5-6,9,18-22H2,1H3,(H,38,43)(H,39,42)(H3,36,37,44)/t23-,26-/m1/s1. The molecule has 14 nitrogen and oxygen atoms in total. The van der Waals surface area contributed by atoms with Crippen LogP contribution in [0.2, 0.25) is 0 Å². The number of ether oxygens (including phenoxy) is 2. The maximum Gasteiger partial charge on any atom is 0.514 e. The van der Waals surface area contributed by atoms with Crippen LogP contribution in [0.1, 0.15) is 62.6 Å². The summed E-state index contributed by atoms with van der Waals surface area (Å²) in [4.78, 5) is 74.1. The minimum atomic E-state index is -1.20. The molecule has 3 aromatic rings. The zero-order valence-electron chi connectivity index (χ0n) is 27.0. The molecule has 0 spiro atoms. The van der Waals surface area contributed by atoms with Gasteiger partial charge in [0, 0.05) is 36.7 Å². The monoisotopic (exact) mass is 673 g/mol. The first-order valence-corrected chi connectivity index (χ1v) is 15.9. The summed E-state index contributed by atoms with van der Waals surface area (Å²) in [6.45, 7) is 1.93. The van der Waals surface area contributed by atoms with E-state index in [9.17, 15) is 34.1 Å². The van der Waals surface area contributed by atoms with E-state index >= 15 is 0 Å². The highest BCUT2D eigenvalue weighted by atomic mass is 16.7. The van der Waals surface area contributed by atoms with Crippen LogP contribution in [0.5, 0.6) is 5.75 Å². The molecule has 0 aliphatic heterocycles. The van der Waals surface area contributed by atoms with Crippen molar-refractivity contribution >= 4 is 41.2 Å². The van der Waals surface area contributed by atoms with Gasteiger partial charge >= 0.3 is 12.2 Å². The van der Waals surface area contributed by atoms with E-state index in [4.69, 9.17) is 15.2 Å². The van der Waals surface area contributed by atoms with Gasteiger partial charge in [-0.1, -0.05) is 48.9 Å².